The Morgan fingerprint density at radius 1 is 0.808 bits per heavy atom. The van der Waals surface area contributed by atoms with Crippen molar-refractivity contribution in [3.63, 3.8) is 0 Å². The lowest BCUT2D eigenvalue weighted by Gasteiger charge is -2.00. The molecule has 0 bridgehead atoms. The molecule has 26 heavy (non-hydrogen) atoms. The van der Waals surface area contributed by atoms with Gasteiger partial charge in [-0.1, -0.05) is 34.8 Å². The Labute approximate surface area is 171 Å². The fourth-order valence-electron chi connectivity index (χ4n) is 1.39. The number of nitrogens with two attached hydrogens (primary N) is 1. The zero-order chi connectivity index (χ0) is 20.0. The summed E-state index contributed by atoms with van der Waals surface area (Å²) >= 11 is 24.3. The molecule has 11 nitrogen and oxygen atoms in total. The van der Waals surface area contributed by atoms with Crippen LogP contribution >= 0.6 is 60.1 Å². The first-order valence-corrected chi connectivity index (χ1v) is 8.56. The Balaban J connectivity index is 0.000000260. The van der Waals surface area contributed by atoms with Gasteiger partial charge in [-0.25, -0.2) is 19.9 Å². The highest BCUT2D eigenvalue weighted by Gasteiger charge is 2.22. The van der Waals surface area contributed by atoms with Crippen LogP contribution in [0.1, 0.15) is 11.6 Å². The van der Waals surface area contributed by atoms with Gasteiger partial charge in [-0.15, -0.1) is 0 Å². The predicted octanol–water partition coefficient (Wildman–Crippen LogP) is 3.17. The molecule has 140 valence electrons. The van der Waals surface area contributed by atoms with E-state index in [2.05, 4.69) is 45.2 Å². The second-order valence-corrected chi connectivity index (χ2v) is 5.77. The second-order valence-electron chi connectivity index (χ2n) is 4.07. The summed E-state index contributed by atoms with van der Waals surface area (Å²) in [4.78, 5) is 33.8. The number of hydrogen-bond acceptors (Lipinski definition) is 11. The van der Waals surface area contributed by atoms with E-state index in [4.69, 9.17) is 40.5 Å². The van der Waals surface area contributed by atoms with Gasteiger partial charge < -0.3 is 5.73 Å². The normalized spacial score (nSPS) is 10.0. The summed E-state index contributed by atoms with van der Waals surface area (Å²) in [5.74, 6) is 0.716. The van der Waals surface area contributed by atoms with Gasteiger partial charge in [0.25, 0.3) is 0 Å². The smallest absolute Gasteiger partial charge is 0.348 e. The van der Waals surface area contributed by atoms with Crippen LogP contribution in [0, 0.1) is 20.2 Å². The molecule has 16 heteroatoms. The minimum Gasteiger partial charge on any atom is -0.378 e. The number of halogens is 3. The number of aromatic nitrogens is 4. The van der Waals surface area contributed by atoms with E-state index >= 15 is 0 Å². The number of nitro groups is 2. The van der Waals surface area contributed by atoms with Gasteiger partial charge in [0.15, 0.2) is 0 Å². The highest BCUT2D eigenvalue weighted by Crippen LogP contribution is 2.29. The number of anilines is 1. The molecule has 0 aromatic carbocycles. The van der Waals surface area contributed by atoms with Gasteiger partial charge >= 0.3 is 11.4 Å². The maximum atomic E-state index is 10.4. The Morgan fingerprint density at radius 2 is 1.15 bits per heavy atom. The number of nitrogens with zero attached hydrogens (tertiary/aromatic N) is 6. The maximum Gasteiger partial charge on any atom is 0.348 e. The van der Waals surface area contributed by atoms with Crippen molar-refractivity contribution in [3.05, 3.63) is 47.3 Å². The predicted molar refractivity (Wildman–Crippen MR) is 102 cm³/mol. The second kappa shape index (κ2) is 9.87. The molecule has 0 saturated carbocycles. The standard InChI is InChI=1S/C5H3Cl2N3O2S.C5H5ClN4O2S/c2*6-4-3(10(11)12)5(7)9-2(1-13)8-4/h13H,1H2;13H,1H2,(H2,7,8,9). The molecule has 0 aliphatic rings. The van der Waals surface area contributed by atoms with E-state index in [0.717, 1.165) is 0 Å². The maximum absolute atomic E-state index is 10.4. The molecule has 0 spiro atoms. The lowest BCUT2D eigenvalue weighted by atomic mass is 10.5. The van der Waals surface area contributed by atoms with Crippen LogP contribution in [-0.4, -0.2) is 29.8 Å². The van der Waals surface area contributed by atoms with Gasteiger partial charge in [0.1, 0.15) is 11.6 Å². The van der Waals surface area contributed by atoms with Crippen molar-refractivity contribution in [3.8, 4) is 0 Å². The van der Waals surface area contributed by atoms with Crippen molar-refractivity contribution in [2.45, 2.75) is 11.5 Å². The number of thiol groups is 2. The molecule has 0 radical (unpaired) electrons. The Morgan fingerprint density at radius 3 is 1.46 bits per heavy atom. The SMILES string of the molecule is Nc1nc(CS)nc(Cl)c1[N+](=O)[O-].O=[N+]([O-])c1c(Cl)nc(CS)nc1Cl. The van der Waals surface area contributed by atoms with Gasteiger partial charge in [-0.05, 0) is 0 Å². The molecule has 0 amide bonds. The van der Waals surface area contributed by atoms with Crippen LogP contribution in [0.5, 0.6) is 0 Å². The van der Waals surface area contributed by atoms with Crippen LogP contribution in [0.3, 0.4) is 0 Å². The molecule has 2 N–H and O–H groups in total. The summed E-state index contributed by atoms with van der Waals surface area (Å²) in [5, 5.41) is 20.0. The van der Waals surface area contributed by atoms with Gasteiger partial charge in [0.05, 0.1) is 21.4 Å². The fraction of sp³-hybridized carbons (Fsp3) is 0.200. The minimum absolute atomic E-state index is 0.220. The topological polar surface area (TPSA) is 164 Å². The van der Waals surface area contributed by atoms with Crippen LogP contribution in [0.25, 0.3) is 0 Å². The van der Waals surface area contributed by atoms with E-state index < -0.39 is 21.2 Å². The number of nitrogen functional groups attached to an aromatic ring is 1. The Hall–Kier alpha value is -1.67. The van der Waals surface area contributed by atoms with Crippen molar-refractivity contribution in [1.82, 2.24) is 19.9 Å². The summed E-state index contributed by atoms with van der Waals surface area (Å²) in [6.45, 7) is 0. The average Bonchev–Trinajstić information content (AvgIpc) is 2.53. The highest BCUT2D eigenvalue weighted by molar-refractivity contribution is 7.79. The van der Waals surface area contributed by atoms with Gasteiger partial charge in [-0.3, -0.25) is 20.2 Å². The van der Waals surface area contributed by atoms with Crippen molar-refractivity contribution >= 4 is 77.3 Å². The van der Waals surface area contributed by atoms with Crippen LogP contribution in [0.4, 0.5) is 17.2 Å². The molecule has 0 aliphatic carbocycles. The minimum atomic E-state index is -0.729. The molecule has 0 fully saturated rings. The summed E-state index contributed by atoms with van der Waals surface area (Å²) in [6, 6.07) is 0. The van der Waals surface area contributed by atoms with E-state index in [0.29, 0.717) is 0 Å². The molecule has 2 rings (SSSR count). The van der Waals surface area contributed by atoms with Crippen LogP contribution in [0.15, 0.2) is 0 Å². The largest absolute Gasteiger partial charge is 0.378 e. The molecule has 0 atom stereocenters. The quantitative estimate of drug-likeness (QED) is 0.269. The van der Waals surface area contributed by atoms with Gasteiger partial charge in [-0.2, -0.15) is 25.3 Å². The molecule has 2 aromatic rings. The summed E-state index contributed by atoms with van der Waals surface area (Å²) in [5.41, 5.74) is 4.34. The van der Waals surface area contributed by atoms with E-state index in [1.165, 1.54) is 0 Å². The van der Waals surface area contributed by atoms with Crippen LogP contribution in [-0.2, 0) is 11.5 Å². The zero-order valence-electron chi connectivity index (χ0n) is 12.3. The van der Waals surface area contributed by atoms with E-state index in [-0.39, 0.29) is 44.4 Å². The van der Waals surface area contributed by atoms with Gasteiger partial charge in [0, 0.05) is 0 Å². The first-order chi connectivity index (χ1) is 12.1. The third-order valence-electron chi connectivity index (χ3n) is 2.41. The van der Waals surface area contributed by atoms with E-state index in [1.54, 1.807) is 0 Å². The molecule has 0 unspecified atom stereocenters. The molecule has 0 aliphatic heterocycles. The molecule has 2 aromatic heterocycles. The lowest BCUT2D eigenvalue weighted by molar-refractivity contribution is -0.385. The average molecular weight is 461 g/mol. The third kappa shape index (κ3) is 5.67. The Bertz CT molecular complexity index is 742. The van der Waals surface area contributed by atoms with E-state index in [9.17, 15) is 20.2 Å². The van der Waals surface area contributed by atoms with Crippen molar-refractivity contribution in [2.75, 3.05) is 5.73 Å². The fourth-order valence-corrected chi connectivity index (χ4v) is 2.50. The number of hydrogen-bond donors (Lipinski definition) is 3. The summed E-state index contributed by atoms with van der Waals surface area (Å²) in [7, 11) is 0. The summed E-state index contributed by atoms with van der Waals surface area (Å²) < 4.78 is 0. The molecular formula is C10H8Cl3N7O4S2. The molecular weight excluding hydrogens is 453 g/mol. The van der Waals surface area contributed by atoms with Crippen molar-refractivity contribution in [1.29, 1.82) is 0 Å². The van der Waals surface area contributed by atoms with Crippen molar-refractivity contribution in [2.24, 2.45) is 0 Å². The van der Waals surface area contributed by atoms with Crippen LogP contribution < -0.4 is 5.73 Å². The zero-order valence-corrected chi connectivity index (χ0v) is 16.4. The number of rotatable bonds is 4. The Kier molecular flexibility index (Phi) is 8.49. The van der Waals surface area contributed by atoms with Gasteiger partial charge in [0.2, 0.25) is 21.3 Å². The lowest BCUT2D eigenvalue weighted by Crippen LogP contribution is -2.04. The monoisotopic (exact) mass is 459 g/mol. The molecule has 0 saturated heterocycles. The van der Waals surface area contributed by atoms with E-state index in [1.807, 2.05) is 0 Å². The first-order valence-electron chi connectivity index (χ1n) is 6.16. The molecule has 2 heterocycles. The summed E-state index contributed by atoms with van der Waals surface area (Å²) in [6.07, 6.45) is 0. The van der Waals surface area contributed by atoms with Crippen molar-refractivity contribution < 1.29 is 9.85 Å². The highest BCUT2D eigenvalue weighted by atomic mass is 35.5. The van der Waals surface area contributed by atoms with Crippen LogP contribution in [0.2, 0.25) is 15.5 Å². The third-order valence-corrected chi connectivity index (χ3v) is 3.76. The first kappa shape index (κ1) is 22.4.